The normalized spacial score (nSPS) is 42.4. The van der Waals surface area contributed by atoms with Gasteiger partial charge in [0.1, 0.15) is 12.4 Å². The van der Waals surface area contributed by atoms with Crippen molar-refractivity contribution in [3.05, 3.63) is 42.0 Å². The molecule has 4 unspecified atom stereocenters. The molecule has 6 atom stereocenters. The maximum Gasteiger partial charge on any atom is 0.120 e. The minimum Gasteiger partial charge on any atom is -0.490 e. The fraction of sp³-hybridized carbons (Fsp3) is 0.680. The number of aliphatic hydroxyl groups is 1. The molecule has 0 saturated heterocycles. The molecule has 4 aliphatic rings. The lowest BCUT2D eigenvalue weighted by atomic mass is 9.41. The van der Waals surface area contributed by atoms with E-state index in [4.69, 9.17) is 4.74 Å². The lowest BCUT2D eigenvalue weighted by molar-refractivity contribution is -0.156. The Labute approximate surface area is 164 Å². The monoisotopic (exact) mass is 366 g/mol. The zero-order chi connectivity index (χ0) is 18.6. The van der Waals surface area contributed by atoms with Crippen molar-refractivity contribution in [3.8, 4) is 5.75 Å². The third kappa shape index (κ3) is 2.55. The van der Waals surface area contributed by atoms with Crippen molar-refractivity contribution < 1.29 is 9.84 Å². The highest BCUT2D eigenvalue weighted by Gasteiger charge is 2.60. The van der Waals surface area contributed by atoms with Gasteiger partial charge in [0.05, 0.1) is 6.10 Å². The van der Waals surface area contributed by atoms with Gasteiger partial charge >= 0.3 is 0 Å². The highest BCUT2D eigenvalue weighted by Crippen LogP contribution is 2.66. The van der Waals surface area contributed by atoms with Gasteiger partial charge in [-0.25, -0.2) is 0 Å². The van der Waals surface area contributed by atoms with Crippen molar-refractivity contribution in [2.24, 2.45) is 23.2 Å². The van der Waals surface area contributed by atoms with Crippen LogP contribution in [0.3, 0.4) is 0 Å². The van der Waals surface area contributed by atoms with Crippen LogP contribution < -0.4 is 4.74 Å². The summed E-state index contributed by atoms with van der Waals surface area (Å²) in [6.45, 7) is 6.85. The molecular weight excluding hydrogens is 332 g/mol. The van der Waals surface area contributed by atoms with Gasteiger partial charge in [-0.1, -0.05) is 32.1 Å². The summed E-state index contributed by atoms with van der Waals surface area (Å²) in [5.74, 6) is 3.31. The van der Waals surface area contributed by atoms with E-state index in [0.717, 1.165) is 30.4 Å². The van der Waals surface area contributed by atoms with Crippen molar-refractivity contribution in [1.82, 2.24) is 0 Å². The van der Waals surface area contributed by atoms with Crippen LogP contribution in [0.25, 0.3) is 0 Å². The zero-order valence-corrected chi connectivity index (χ0v) is 16.8. The summed E-state index contributed by atoms with van der Waals surface area (Å²) < 4.78 is 5.79. The molecule has 27 heavy (non-hydrogen) atoms. The molecule has 146 valence electrons. The van der Waals surface area contributed by atoms with Crippen LogP contribution in [0.15, 0.2) is 30.9 Å². The minimum absolute atomic E-state index is 0.0559. The Morgan fingerprint density at radius 2 is 2.00 bits per heavy atom. The minimum atomic E-state index is -0.0559. The highest BCUT2D eigenvalue weighted by molar-refractivity contribution is 5.43. The van der Waals surface area contributed by atoms with E-state index in [1.807, 2.05) is 6.08 Å². The molecule has 0 heterocycles. The first-order chi connectivity index (χ1) is 13.1. The number of aliphatic hydroxyl groups excluding tert-OH is 1. The first kappa shape index (κ1) is 17.8. The second kappa shape index (κ2) is 6.37. The number of rotatable bonds is 3. The third-order valence-corrected chi connectivity index (χ3v) is 9.00. The number of fused-ring (bicyclic) bond motifs is 5. The summed E-state index contributed by atoms with van der Waals surface area (Å²) in [5, 5.41) is 11.1. The molecule has 3 fully saturated rings. The zero-order valence-electron chi connectivity index (χ0n) is 16.8. The second-order valence-electron chi connectivity index (χ2n) is 10.1. The van der Waals surface area contributed by atoms with Crippen LogP contribution in [-0.2, 0) is 11.8 Å². The summed E-state index contributed by atoms with van der Waals surface area (Å²) in [6.07, 6.45) is 13.0. The largest absolute Gasteiger partial charge is 0.490 e. The second-order valence-corrected chi connectivity index (χ2v) is 10.1. The van der Waals surface area contributed by atoms with Crippen LogP contribution in [-0.4, -0.2) is 17.8 Å². The van der Waals surface area contributed by atoms with Crippen molar-refractivity contribution in [1.29, 1.82) is 0 Å². The van der Waals surface area contributed by atoms with Crippen LogP contribution in [0.2, 0.25) is 0 Å². The molecule has 1 N–H and O–H groups in total. The third-order valence-electron chi connectivity index (χ3n) is 9.00. The summed E-state index contributed by atoms with van der Waals surface area (Å²) in [7, 11) is 0. The van der Waals surface area contributed by atoms with Gasteiger partial charge in [-0.05, 0) is 103 Å². The number of aryl methyl sites for hydroxylation is 1. The molecule has 2 nitrogen and oxygen atoms in total. The van der Waals surface area contributed by atoms with Gasteiger partial charge in [0, 0.05) is 0 Å². The molecule has 1 aromatic rings. The van der Waals surface area contributed by atoms with Crippen LogP contribution in [0.5, 0.6) is 5.75 Å². The lowest BCUT2D eigenvalue weighted by Crippen LogP contribution is -2.59. The molecule has 0 aliphatic heterocycles. The molecule has 5 rings (SSSR count). The summed E-state index contributed by atoms with van der Waals surface area (Å²) in [5.41, 5.74) is 3.55. The summed E-state index contributed by atoms with van der Waals surface area (Å²) in [4.78, 5) is 0. The van der Waals surface area contributed by atoms with Crippen LogP contribution in [0, 0.1) is 23.2 Å². The molecule has 1 aromatic carbocycles. The predicted octanol–water partition coefficient (Wildman–Crippen LogP) is 5.42. The fourth-order valence-corrected chi connectivity index (χ4v) is 7.73. The number of hydrogen-bond donors (Lipinski definition) is 1. The smallest absolute Gasteiger partial charge is 0.120 e. The Kier molecular flexibility index (Phi) is 4.20. The maximum absolute atomic E-state index is 11.1. The first-order valence-electron chi connectivity index (χ1n) is 11.1. The lowest BCUT2D eigenvalue weighted by Gasteiger charge is -2.64. The summed E-state index contributed by atoms with van der Waals surface area (Å²) >= 11 is 0. The molecule has 2 heteroatoms. The van der Waals surface area contributed by atoms with Crippen LogP contribution in [0.1, 0.15) is 69.4 Å². The van der Waals surface area contributed by atoms with E-state index in [-0.39, 0.29) is 16.9 Å². The van der Waals surface area contributed by atoms with E-state index in [1.165, 1.54) is 50.5 Å². The number of ether oxygens (including phenoxy) is 1. The van der Waals surface area contributed by atoms with E-state index in [0.29, 0.717) is 12.5 Å². The molecule has 2 bridgehead atoms. The van der Waals surface area contributed by atoms with Gasteiger partial charge in [-0.3, -0.25) is 0 Å². The standard InChI is InChI=1S/C25H34O2/c1-3-14-27-19-7-10-20-18(15-19)6-9-21-22-8-4-17-5-11-23(26)25(22,16-17)13-12-24(20,21)2/h3,7,10,15,17,21-23,26H,1,4-6,8-9,11-14,16H2,2H3/t17?,21?,22?,23?,24-,25-/m1/s1. The van der Waals surface area contributed by atoms with E-state index in [1.54, 1.807) is 5.56 Å². The molecule has 4 aliphatic carbocycles. The first-order valence-corrected chi connectivity index (χ1v) is 11.1. The predicted molar refractivity (Wildman–Crippen MR) is 109 cm³/mol. The van der Waals surface area contributed by atoms with Gasteiger partial charge in [0.2, 0.25) is 0 Å². The quantitative estimate of drug-likeness (QED) is 0.724. The van der Waals surface area contributed by atoms with Gasteiger partial charge < -0.3 is 9.84 Å². The Bertz CT molecular complexity index is 740. The van der Waals surface area contributed by atoms with E-state index in [9.17, 15) is 5.11 Å². The highest BCUT2D eigenvalue weighted by atomic mass is 16.5. The molecule has 0 amide bonds. The van der Waals surface area contributed by atoms with Crippen molar-refractivity contribution in [2.45, 2.75) is 76.2 Å². The van der Waals surface area contributed by atoms with Gasteiger partial charge in [-0.2, -0.15) is 0 Å². The average Bonchev–Trinajstić information content (AvgIpc) is 2.69. The average molecular weight is 367 g/mol. The van der Waals surface area contributed by atoms with Crippen molar-refractivity contribution in [2.75, 3.05) is 6.61 Å². The van der Waals surface area contributed by atoms with Gasteiger partial charge in [0.15, 0.2) is 0 Å². The SMILES string of the molecule is C=CCOc1ccc2c(c1)CCC1C3CCC4CCC(O)[C@]3(CC[C@]21C)C4. The maximum atomic E-state index is 11.1. The van der Waals surface area contributed by atoms with Crippen LogP contribution in [0.4, 0.5) is 0 Å². The fourth-order valence-electron chi connectivity index (χ4n) is 7.73. The van der Waals surface area contributed by atoms with Gasteiger partial charge in [-0.15, -0.1) is 0 Å². The van der Waals surface area contributed by atoms with E-state index in [2.05, 4.69) is 31.7 Å². The van der Waals surface area contributed by atoms with Gasteiger partial charge in [0.25, 0.3) is 0 Å². The van der Waals surface area contributed by atoms with E-state index < -0.39 is 0 Å². The Morgan fingerprint density at radius 3 is 2.85 bits per heavy atom. The number of benzene rings is 1. The molecule has 1 spiro atoms. The van der Waals surface area contributed by atoms with Crippen LogP contribution >= 0.6 is 0 Å². The molecule has 0 aromatic heterocycles. The molecule has 0 radical (unpaired) electrons. The Hall–Kier alpha value is -1.28. The van der Waals surface area contributed by atoms with Crippen molar-refractivity contribution >= 4 is 0 Å². The Balaban J connectivity index is 1.49. The number of hydrogen-bond acceptors (Lipinski definition) is 2. The van der Waals surface area contributed by atoms with E-state index >= 15 is 0 Å². The molecule has 3 saturated carbocycles. The molecular formula is C25H34O2. The van der Waals surface area contributed by atoms with Crippen molar-refractivity contribution in [3.63, 3.8) is 0 Å². The topological polar surface area (TPSA) is 29.5 Å². The summed E-state index contributed by atoms with van der Waals surface area (Å²) in [6, 6.07) is 6.78. The Morgan fingerprint density at radius 1 is 1.15 bits per heavy atom.